The van der Waals surface area contributed by atoms with Crippen molar-refractivity contribution in [2.75, 3.05) is 18.4 Å². The SMILES string of the molecule is O=C(NCCNc1nc(-c2ccco2)nc2ccccc12)c1ccccc1Cl. The molecule has 0 saturated carbocycles. The molecule has 0 spiro atoms. The van der Waals surface area contributed by atoms with E-state index in [9.17, 15) is 4.79 Å². The van der Waals surface area contributed by atoms with E-state index in [-0.39, 0.29) is 5.91 Å². The summed E-state index contributed by atoms with van der Waals surface area (Å²) < 4.78 is 5.42. The third kappa shape index (κ3) is 3.82. The molecule has 0 aliphatic rings. The number of benzene rings is 2. The predicted octanol–water partition coefficient (Wildman–Crippen LogP) is 4.39. The van der Waals surface area contributed by atoms with Crippen molar-refractivity contribution in [3.8, 4) is 11.6 Å². The molecule has 7 heteroatoms. The lowest BCUT2D eigenvalue weighted by Gasteiger charge is -2.11. The molecule has 0 unspecified atom stereocenters. The van der Waals surface area contributed by atoms with Gasteiger partial charge in [-0.05, 0) is 36.4 Å². The Balaban J connectivity index is 1.47. The fraction of sp³-hybridized carbons (Fsp3) is 0.0952. The third-order valence-corrected chi connectivity index (χ3v) is 4.50. The summed E-state index contributed by atoms with van der Waals surface area (Å²) >= 11 is 6.06. The Kier molecular flexibility index (Phi) is 5.21. The molecule has 1 amide bonds. The molecule has 140 valence electrons. The molecular formula is C21H17ClN4O2. The number of furan rings is 1. The van der Waals surface area contributed by atoms with Crippen molar-refractivity contribution < 1.29 is 9.21 Å². The fourth-order valence-corrected chi connectivity index (χ4v) is 3.05. The van der Waals surface area contributed by atoms with Crippen LogP contribution in [0.1, 0.15) is 10.4 Å². The quantitative estimate of drug-likeness (QED) is 0.476. The minimum atomic E-state index is -0.212. The number of rotatable bonds is 6. The number of fused-ring (bicyclic) bond motifs is 1. The molecule has 0 aliphatic carbocycles. The zero-order valence-electron chi connectivity index (χ0n) is 14.9. The van der Waals surface area contributed by atoms with E-state index < -0.39 is 0 Å². The molecule has 4 aromatic rings. The molecule has 0 atom stereocenters. The maximum atomic E-state index is 12.2. The molecule has 2 heterocycles. The second kappa shape index (κ2) is 8.10. The zero-order valence-corrected chi connectivity index (χ0v) is 15.6. The van der Waals surface area contributed by atoms with Gasteiger partial charge in [0, 0.05) is 18.5 Å². The van der Waals surface area contributed by atoms with Gasteiger partial charge in [-0.2, -0.15) is 0 Å². The lowest BCUT2D eigenvalue weighted by molar-refractivity contribution is 0.0955. The van der Waals surface area contributed by atoms with Crippen LogP contribution >= 0.6 is 11.6 Å². The number of para-hydroxylation sites is 1. The number of nitrogens with one attached hydrogen (secondary N) is 2. The van der Waals surface area contributed by atoms with Gasteiger partial charge >= 0.3 is 0 Å². The first-order chi connectivity index (χ1) is 13.7. The van der Waals surface area contributed by atoms with E-state index in [1.807, 2.05) is 30.3 Å². The lowest BCUT2D eigenvalue weighted by atomic mass is 10.2. The Morgan fingerprint density at radius 3 is 2.61 bits per heavy atom. The van der Waals surface area contributed by atoms with E-state index in [2.05, 4.69) is 20.6 Å². The molecular weight excluding hydrogens is 376 g/mol. The second-order valence-electron chi connectivity index (χ2n) is 6.05. The Hall–Kier alpha value is -3.38. The average Bonchev–Trinajstić information content (AvgIpc) is 3.26. The van der Waals surface area contributed by atoms with Crippen LogP contribution < -0.4 is 10.6 Å². The Morgan fingerprint density at radius 1 is 0.964 bits per heavy atom. The summed E-state index contributed by atoms with van der Waals surface area (Å²) in [6.45, 7) is 0.910. The van der Waals surface area contributed by atoms with Crippen molar-refractivity contribution >= 4 is 34.2 Å². The summed E-state index contributed by atoms with van der Waals surface area (Å²) in [5.74, 6) is 1.58. The maximum absolute atomic E-state index is 12.2. The first-order valence-corrected chi connectivity index (χ1v) is 9.17. The normalized spacial score (nSPS) is 10.8. The van der Waals surface area contributed by atoms with Gasteiger partial charge in [0.25, 0.3) is 5.91 Å². The summed E-state index contributed by atoms with van der Waals surface area (Å²) in [6.07, 6.45) is 1.59. The van der Waals surface area contributed by atoms with E-state index >= 15 is 0 Å². The van der Waals surface area contributed by atoms with Crippen LogP contribution in [-0.2, 0) is 0 Å². The summed E-state index contributed by atoms with van der Waals surface area (Å²) in [4.78, 5) is 21.4. The molecule has 0 saturated heterocycles. The van der Waals surface area contributed by atoms with Crippen LogP contribution in [-0.4, -0.2) is 29.0 Å². The Morgan fingerprint density at radius 2 is 1.79 bits per heavy atom. The van der Waals surface area contributed by atoms with E-state index in [1.54, 1.807) is 36.6 Å². The van der Waals surface area contributed by atoms with Gasteiger partial charge in [-0.15, -0.1) is 0 Å². The highest BCUT2D eigenvalue weighted by Gasteiger charge is 2.12. The second-order valence-corrected chi connectivity index (χ2v) is 6.46. The van der Waals surface area contributed by atoms with Crippen molar-refractivity contribution in [2.45, 2.75) is 0 Å². The van der Waals surface area contributed by atoms with Crippen molar-refractivity contribution in [3.05, 3.63) is 77.5 Å². The van der Waals surface area contributed by atoms with Crippen LogP contribution in [0.25, 0.3) is 22.5 Å². The van der Waals surface area contributed by atoms with Gasteiger partial charge < -0.3 is 15.1 Å². The summed E-state index contributed by atoms with van der Waals surface area (Å²) in [6, 6.07) is 18.3. The Labute approximate surface area is 166 Å². The molecule has 2 aromatic carbocycles. The zero-order chi connectivity index (χ0) is 19.3. The molecule has 28 heavy (non-hydrogen) atoms. The third-order valence-electron chi connectivity index (χ3n) is 4.17. The number of nitrogens with zero attached hydrogens (tertiary/aromatic N) is 2. The van der Waals surface area contributed by atoms with Gasteiger partial charge in [0.1, 0.15) is 5.82 Å². The van der Waals surface area contributed by atoms with Crippen molar-refractivity contribution in [1.29, 1.82) is 0 Å². The number of carbonyl (C=O) groups is 1. The van der Waals surface area contributed by atoms with Crippen LogP contribution in [0.2, 0.25) is 5.02 Å². The van der Waals surface area contributed by atoms with Gasteiger partial charge in [0.05, 0.1) is 22.4 Å². The topological polar surface area (TPSA) is 80.0 Å². The Bertz CT molecular complexity index is 1110. The average molecular weight is 393 g/mol. The first-order valence-electron chi connectivity index (χ1n) is 8.79. The number of anilines is 1. The van der Waals surface area contributed by atoms with Gasteiger partial charge in [-0.25, -0.2) is 9.97 Å². The summed E-state index contributed by atoms with van der Waals surface area (Å²) in [7, 11) is 0. The number of amides is 1. The highest BCUT2D eigenvalue weighted by molar-refractivity contribution is 6.33. The van der Waals surface area contributed by atoms with E-state index in [1.165, 1.54) is 0 Å². The van der Waals surface area contributed by atoms with E-state index in [0.29, 0.717) is 41.1 Å². The number of hydrogen-bond acceptors (Lipinski definition) is 5. The van der Waals surface area contributed by atoms with Crippen molar-refractivity contribution in [2.24, 2.45) is 0 Å². The van der Waals surface area contributed by atoms with Crippen LogP contribution in [0.5, 0.6) is 0 Å². The molecule has 0 radical (unpaired) electrons. The molecule has 0 fully saturated rings. The smallest absolute Gasteiger partial charge is 0.252 e. The molecule has 6 nitrogen and oxygen atoms in total. The fourth-order valence-electron chi connectivity index (χ4n) is 2.82. The van der Waals surface area contributed by atoms with Crippen molar-refractivity contribution in [3.63, 3.8) is 0 Å². The minimum Gasteiger partial charge on any atom is -0.461 e. The van der Waals surface area contributed by atoms with Crippen molar-refractivity contribution in [1.82, 2.24) is 15.3 Å². The monoisotopic (exact) mass is 392 g/mol. The first kappa shape index (κ1) is 18.0. The standard InChI is InChI=1S/C21H17ClN4O2/c22-16-8-3-1-6-14(16)21(27)24-12-11-23-19-15-7-2-4-9-17(15)25-20(26-19)18-10-5-13-28-18/h1-10,13H,11-12H2,(H,24,27)(H,23,25,26). The largest absolute Gasteiger partial charge is 0.461 e. The van der Waals surface area contributed by atoms with Gasteiger partial charge in [-0.1, -0.05) is 35.9 Å². The van der Waals surface area contributed by atoms with Gasteiger partial charge in [0.2, 0.25) is 0 Å². The van der Waals surface area contributed by atoms with Gasteiger partial charge in [0.15, 0.2) is 11.6 Å². The molecule has 0 bridgehead atoms. The number of halogens is 1. The van der Waals surface area contributed by atoms with E-state index in [0.717, 1.165) is 10.9 Å². The molecule has 2 N–H and O–H groups in total. The molecule has 0 aliphatic heterocycles. The highest BCUT2D eigenvalue weighted by atomic mass is 35.5. The lowest BCUT2D eigenvalue weighted by Crippen LogP contribution is -2.29. The minimum absolute atomic E-state index is 0.212. The summed E-state index contributed by atoms with van der Waals surface area (Å²) in [5.41, 5.74) is 1.27. The van der Waals surface area contributed by atoms with Crippen LogP contribution in [0.15, 0.2) is 71.3 Å². The van der Waals surface area contributed by atoms with Crippen LogP contribution in [0.3, 0.4) is 0 Å². The van der Waals surface area contributed by atoms with E-state index in [4.69, 9.17) is 16.0 Å². The highest BCUT2D eigenvalue weighted by Crippen LogP contribution is 2.24. The number of aromatic nitrogens is 2. The molecule has 2 aromatic heterocycles. The molecule has 4 rings (SSSR count). The van der Waals surface area contributed by atoms with Crippen LogP contribution in [0, 0.1) is 0 Å². The number of hydrogen-bond donors (Lipinski definition) is 2. The van der Waals surface area contributed by atoms with Crippen LogP contribution in [0.4, 0.5) is 5.82 Å². The number of carbonyl (C=O) groups excluding carboxylic acids is 1. The predicted molar refractivity (Wildman–Crippen MR) is 110 cm³/mol. The van der Waals surface area contributed by atoms with Gasteiger partial charge in [-0.3, -0.25) is 4.79 Å². The summed E-state index contributed by atoms with van der Waals surface area (Å²) in [5, 5.41) is 7.45. The maximum Gasteiger partial charge on any atom is 0.252 e.